The Labute approximate surface area is 131 Å². The number of benzene rings is 1. The molecule has 1 aromatic carbocycles. The van der Waals surface area contributed by atoms with E-state index >= 15 is 0 Å². The predicted octanol–water partition coefficient (Wildman–Crippen LogP) is 0.426. The van der Waals surface area contributed by atoms with Crippen LogP contribution >= 0.6 is 12.2 Å². The molecule has 3 N–H and O–H groups in total. The molecule has 2 aromatic rings. The van der Waals surface area contributed by atoms with E-state index in [1.54, 1.807) is 15.9 Å². The van der Waals surface area contributed by atoms with Gasteiger partial charge in [0.05, 0.1) is 11.7 Å². The number of nitrogens with zero attached hydrogens (tertiary/aromatic N) is 4. The topological polar surface area (TPSA) is 98.3 Å². The summed E-state index contributed by atoms with van der Waals surface area (Å²) < 4.78 is 6.74. The molecular formula is C13H14N6O2S. The van der Waals surface area contributed by atoms with Crippen LogP contribution in [0.3, 0.4) is 0 Å². The monoisotopic (exact) mass is 318 g/mol. The Morgan fingerprint density at radius 2 is 2.14 bits per heavy atom. The van der Waals surface area contributed by atoms with Crippen molar-refractivity contribution in [3.05, 3.63) is 36.9 Å². The molecule has 3 rings (SSSR count). The number of carbonyl (C=O) groups excluding carboxylic acids is 1. The van der Waals surface area contributed by atoms with Crippen molar-refractivity contribution >= 4 is 29.1 Å². The lowest BCUT2D eigenvalue weighted by Gasteiger charge is -2.22. The Hall–Kier alpha value is -2.68. The molecule has 114 valence electrons. The van der Waals surface area contributed by atoms with Crippen LogP contribution < -0.4 is 16.0 Å². The second kappa shape index (κ2) is 5.98. The summed E-state index contributed by atoms with van der Waals surface area (Å²) in [6.45, 7) is 0.727. The van der Waals surface area contributed by atoms with Gasteiger partial charge in [0.15, 0.2) is 5.11 Å². The van der Waals surface area contributed by atoms with E-state index < -0.39 is 0 Å². The summed E-state index contributed by atoms with van der Waals surface area (Å²) in [7, 11) is 0. The van der Waals surface area contributed by atoms with Crippen LogP contribution in [0.4, 0.5) is 10.5 Å². The molecule has 22 heavy (non-hydrogen) atoms. The van der Waals surface area contributed by atoms with Crippen LogP contribution in [0.15, 0.2) is 36.9 Å². The maximum Gasteiger partial charge on any atom is 0.414 e. The van der Waals surface area contributed by atoms with E-state index in [1.165, 1.54) is 6.33 Å². The zero-order chi connectivity index (χ0) is 15.5. The normalized spacial score (nSPS) is 17.4. The summed E-state index contributed by atoms with van der Waals surface area (Å²) in [6.07, 6.45) is 2.68. The summed E-state index contributed by atoms with van der Waals surface area (Å²) in [5, 5.41) is 7.10. The SMILES string of the molecule is NC(=S)NC[C@H]1COC(=O)N1c1ccc(-n2cncn2)cc1. The van der Waals surface area contributed by atoms with Crippen molar-refractivity contribution < 1.29 is 9.53 Å². The molecule has 1 aliphatic rings. The number of ether oxygens (including phenoxy) is 1. The van der Waals surface area contributed by atoms with Crippen molar-refractivity contribution in [1.82, 2.24) is 20.1 Å². The fraction of sp³-hybridized carbons (Fsp3) is 0.231. The van der Waals surface area contributed by atoms with Crippen LogP contribution in [-0.2, 0) is 4.74 Å². The molecule has 0 unspecified atom stereocenters. The third-order valence-corrected chi connectivity index (χ3v) is 3.43. The number of cyclic esters (lactones) is 1. The number of aromatic nitrogens is 3. The number of thiocarbonyl (C=S) groups is 1. The van der Waals surface area contributed by atoms with Crippen LogP contribution in [-0.4, -0.2) is 45.2 Å². The van der Waals surface area contributed by atoms with Gasteiger partial charge in [0.1, 0.15) is 19.3 Å². The minimum absolute atomic E-state index is 0.161. The lowest BCUT2D eigenvalue weighted by Crippen LogP contribution is -2.44. The lowest BCUT2D eigenvalue weighted by molar-refractivity contribution is 0.179. The molecule has 0 bridgehead atoms. The highest BCUT2D eigenvalue weighted by molar-refractivity contribution is 7.80. The summed E-state index contributed by atoms with van der Waals surface area (Å²) in [5.74, 6) is 0. The number of rotatable bonds is 4. The number of amides is 1. The molecule has 1 aromatic heterocycles. The largest absolute Gasteiger partial charge is 0.447 e. The number of carbonyl (C=O) groups is 1. The Morgan fingerprint density at radius 1 is 1.41 bits per heavy atom. The van der Waals surface area contributed by atoms with Crippen molar-refractivity contribution in [3.8, 4) is 5.69 Å². The van der Waals surface area contributed by atoms with Crippen LogP contribution in [0.5, 0.6) is 0 Å². The number of nitrogens with two attached hydrogens (primary N) is 1. The standard InChI is InChI=1S/C13H14N6O2S/c14-12(22)16-5-11-6-21-13(20)19(11)10-3-1-9(2-4-10)18-8-15-7-17-18/h1-4,7-8,11H,5-6H2,(H3,14,16,22)/t11-/m0/s1. The fourth-order valence-electron chi connectivity index (χ4n) is 2.25. The van der Waals surface area contributed by atoms with Gasteiger partial charge in [-0.25, -0.2) is 14.5 Å². The van der Waals surface area contributed by atoms with E-state index in [0.29, 0.717) is 13.2 Å². The number of nitrogens with one attached hydrogen (secondary N) is 1. The second-order valence-electron chi connectivity index (χ2n) is 4.70. The van der Waals surface area contributed by atoms with Crippen molar-refractivity contribution in [2.75, 3.05) is 18.1 Å². The van der Waals surface area contributed by atoms with E-state index in [9.17, 15) is 4.79 Å². The predicted molar refractivity (Wildman–Crippen MR) is 83.8 cm³/mol. The van der Waals surface area contributed by atoms with Crippen LogP contribution in [0.2, 0.25) is 0 Å². The molecule has 2 heterocycles. The summed E-state index contributed by atoms with van der Waals surface area (Å²) >= 11 is 4.78. The molecule has 8 nitrogen and oxygen atoms in total. The van der Waals surface area contributed by atoms with Crippen LogP contribution in [0.1, 0.15) is 0 Å². The van der Waals surface area contributed by atoms with Gasteiger partial charge in [-0.15, -0.1) is 0 Å². The average molecular weight is 318 g/mol. The highest BCUT2D eigenvalue weighted by atomic mass is 32.1. The molecule has 0 spiro atoms. The third-order valence-electron chi connectivity index (χ3n) is 3.28. The van der Waals surface area contributed by atoms with Gasteiger partial charge in [-0.1, -0.05) is 0 Å². The number of hydrogen-bond acceptors (Lipinski definition) is 5. The first-order chi connectivity index (χ1) is 10.6. The van der Waals surface area contributed by atoms with Crippen molar-refractivity contribution in [2.24, 2.45) is 5.73 Å². The molecule has 1 amide bonds. The molecule has 1 atom stereocenters. The molecule has 1 aliphatic heterocycles. The van der Waals surface area contributed by atoms with E-state index in [-0.39, 0.29) is 17.2 Å². The van der Waals surface area contributed by atoms with Crippen molar-refractivity contribution in [2.45, 2.75) is 6.04 Å². The van der Waals surface area contributed by atoms with Gasteiger partial charge in [0.2, 0.25) is 0 Å². The summed E-state index contributed by atoms with van der Waals surface area (Å²) in [6, 6.07) is 7.21. The smallest absolute Gasteiger partial charge is 0.414 e. The molecule has 1 saturated heterocycles. The fourth-order valence-corrected chi connectivity index (χ4v) is 2.34. The molecule has 0 aliphatic carbocycles. The van der Waals surface area contributed by atoms with Gasteiger partial charge >= 0.3 is 6.09 Å². The molecular weight excluding hydrogens is 304 g/mol. The number of hydrogen-bond donors (Lipinski definition) is 2. The Kier molecular flexibility index (Phi) is 3.88. The molecule has 0 radical (unpaired) electrons. The maximum absolute atomic E-state index is 11.9. The lowest BCUT2D eigenvalue weighted by atomic mass is 10.2. The van der Waals surface area contributed by atoms with Gasteiger partial charge in [0.25, 0.3) is 0 Å². The van der Waals surface area contributed by atoms with Gasteiger partial charge in [-0.3, -0.25) is 4.90 Å². The first-order valence-electron chi connectivity index (χ1n) is 6.59. The Bertz CT molecular complexity index is 672. The highest BCUT2D eigenvalue weighted by Crippen LogP contribution is 2.24. The first kappa shape index (κ1) is 14.3. The van der Waals surface area contributed by atoms with E-state index in [4.69, 9.17) is 22.7 Å². The van der Waals surface area contributed by atoms with E-state index in [1.807, 2.05) is 24.3 Å². The van der Waals surface area contributed by atoms with Crippen molar-refractivity contribution in [3.63, 3.8) is 0 Å². The Balaban J connectivity index is 1.79. The van der Waals surface area contributed by atoms with Gasteiger partial charge < -0.3 is 15.8 Å². The quantitative estimate of drug-likeness (QED) is 0.789. The second-order valence-corrected chi connectivity index (χ2v) is 5.14. The summed E-state index contributed by atoms with van der Waals surface area (Å²) in [4.78, 5) is 17.4. The maximum atomic E-state index is 11.9. The summed E-state index contributed by atoms with van der Waals surface area (Å²) in [5.41, 5.74) is 7.01. The minimum Gasteiger partial charge on any atom is -0.447 e. The van der Waals surface area contributed by atoms with Crippen molar-refractivity contribution in [1.29, 1.82) is 0 Å². The van der Waals surface area contributed by atoms with Gasteiger partial charge in [-0.05, 0) is 36.5 Å². The van der Waals surface area contributed by atoms with Gasteiger partial charge in [-0.2, -0.15) is 5.10 Å². The average Bonchev–Trinajstić information content (AvgIpc) is 3.15. The first-order valence-corrected chi connectivity index (χ1v) is 7.00. The minimum atomic E-state index is -0.386. The number of anilines is 1. The zero-order valence-electron chi connectivity index (χ0n) is 11.5. The molecule has 9 heteroatoms. The van der Waals surface area contributed by atoms with E-state index in [2.05, 4.69) is 15.4 Å². The molecule has 0 saturated carbocycles. The highest BCUT2D eigenvalue weighted by Gasteiger charge is 2.34. The Morgan fingerprint density at radius 3 is 2.77 bits per heavy atom. The van der Waals surface area contributed by atoms with Crippen LogP contribution in [0, 0.1) is 0 Å². The molecule has 1 fully saturated rings. The van der Waals surface area contributed by atoms with E-state index in [0.717, 1.165) is 11.4 Å². The zero-order valence-corrected chi connectivity index (χ0v) is 12.4. The third kappa shape index (κ3) is 2.84. The van der Waals surface area contributed by atoms with Crippen LogP contribution in [0.25, 0.3) is 5.69 Å². The van der Waals surface area contributed by atoms with Gasteiger partial charge in [0, 0.05) is 12.2 Å².